The maximum atomic E-state index is 13.0. The Hall–Kier alpha value is -4.79. The Kier molecular flexibility index (Phi) is 15.0. The van der Waals surface area contributed by atoms with Crippen LogP contribution in [-0.2, 0) is 22.4 Å². The van der Waals surface area contributed by atoms with Crippen LogP contribution in [0.5, 0.6) is 0 Å². The van der Waals surface area contributed by atoms with Gasteiger partial charge in [0.1, 0.15) is 6.04 Å². The number of carboxylic acids is 1. The van der Waals surface area contributed by atoms with E-state index in [1.807, 2.05) is 24.3 Å². The molecule has 0 saturated heterocycles. The van der Waals surface area contributed by atoms with Gasteiger partial charge >= 0.3 is 5.97 Å². The lowest BCUT2D eigenvalue weighted by molar-refractivity contribution is -0.150. The highest BCUT2D eigenvalue weighted by molar-refractivity contribution is 6.31. The van der Waals surface area contributed by atoms with Crippen LogP contribution in [-0.4, -0.2) is 75.9 Å². The van der Waals surface area contributed by atoms with Gasteiger partial charge in [0.15, 0.2) is 28.4 Å². The molecule has 0 radical (unpaired) electrons. The number of hydrogen-bond donors (Lipinski definition) is 7. The van der Waals surface area contributed by atoms with Crippen LogP contribution in [0.15, 0.2) is 53.5 Å². The summed E-state index contributed by atoms with van der Waals surface area (Å²) >= 11 is 5.82. The highest BCUT2D eigenvalue weighted by atomic mass is 35.5. The molecule has 3 rings (SSSR count). The number of carboxylic acid groups (broad SMARTS) is 1. The Balaban J connectivity index is 1.45. The number of nitrogens with two attached hydrogens (primary N) is 5. The molecule has 0 aliphatic carbocycles. The number of guanidine groups is 1. The van der Waals surface area contributed by atoms with Gasteiger partial charge in [0.25, 0.3) is 5.91 Å². The van der Waals surface area contributed by atoms with Gasteiger partial charge in [0, 0.05) is 26.1 Å². The second kappa shape index (κ2) is 19.1. The molecule has 0 spiro atoms. The van der Waals surface area contributed by atoms with Crippen molar-refractivity contribution in [2.75, 3.05) is 37.6 Å². The number of halogens is 1. The Morgan fingerprint density at radius 3 is 2.06 bits per heavy atom. The summed E-state index contributed by atoms with van der Waals surface area (Å²) in [6.45, 7) is 1.30. The average molecular weight is 681 g/mol. The van der Waals surface area contributed by atoms with E-state index in [2.05, 4.69) is 44.5 Å². The minimum absolute atomic E-state index is 0.0643. The quantitative estimate of drug-likeness (QED) is 0.0583. The van der Waals surface area contributed by atoms with Crippen LogP contribution in [0.25, 0.3) is 11.1 Å². The third kappa shape index (κ3) is 11.5. The zero-order valence-corrected chi connectivity index (χ0v) is 27.7. The van der Waals surface area contributed by atoms with Gasteiger partial charge in [0.05, 0.1) is 0 Å². The van der Waals surface area contributed by atoms with Crippen molar-refractivity contribution in [3.63, 3.8) is 0 Å². The lowest BCUT2D eigenvalue weighted by Crippen LogP contribution is -2.47. The minimum atomic E-state index is -1.02. The Morgan fingerprint density at radius 1 is 0.854 bits per heavy atom. The summed E-state index contributed by atoms with van der Waals surface area (Å²) in [5.74, 6) is -2.22. The van der Waals surface area contributed by atoms with Gasteiger partial charge in [-0.2, -0.15) is 0 Å². The van der Waals surface area contributed by atoms with Crippen LogP contribution >= 0.6 is 11.6 Å². The van der Waals surface area contributed by atoms with E-state index in [1.165, 1.54) is 10.5 Å². The van der Waals surface area contributed by atoms with Crippen molar-refractivity contribution in [1.29, 1.82) is 0 Å². The maximum Gasteiger partial charge on any atom is 0.326 e. The Labute approximate surface area is 285 Å². The minimum Gasteiger partial charge on any atom is -0.480 e. The topological polar surface area (TPSA) is 255 Å². The molecule has 258 valence electrons. The fourth-order valence-electron chi connectivity index (χ4n) is 5.07. The van der Waals surface area contributed by atoms with Gasteiger partial charge in [-0.1, -0.05) is 60.1 Å². The molecule has 14 nitrogen and oxygen atoms in total. The number of anilines is 2. The van der Waals surface area contributed by atoms with Crippen LogP contribution in [0, 0.1) is 0 Å². The van der Waals surface area contributed by atoms with E-state index in [1.54, 1.807) is 0 Å². The van der Waals surface area contributed by atoms with E-state index in [9.17, 15) is 19.5 Å². The third-order valence-electron chi connectivity index (χ3n) is 7.67. The van der Waals surface area contributed by atoms with Gasteiger partial charge in [-0.3, -0.25) is 19.9 Å². The average Bonchev–Trinajstić information content (AvgIpc) is 3.06. The van der Waals surface area contributed by atoms with Crippen molar-refractivity contribution < 1.29 is 19.5 Å². The van der Waals surface area contributed by atoms with Crippen molar-refractivity contribution in [3.05, 3.63) is 70.5 Å². The molecule has 0 unspecified atom stereocenters. The second-order valence-electron chi connectivity index (χ2n) is 11.2. The van der Waals surface area contributed by atoms with E-state index in [4.69, 9.17) is 40.3 Å². The summed E-state index contributed by atoms with van der Waals surface area (Å²) < 4.78 is 0. The number of unbranched alkanes of at least 4 members (excludes halogenated alkanes) is 2. The second-order valence-corrected chi connectivity index (χ2v) is 11.6. The zero-order valence-electron chi connectivity index (χ0n) is 26.9. The van der Waals surface area contributed by atoms with E-state index < -0.39 is 17.9 Å². The summed E-state index contributed by atoms with van der Waals surface area (Å²) in [7, 11) is 0. The molecule has 0 aliphatic heterocycles. The number of benzene rings is 2. The van der Waals surface area contributed by atoms with E-state index in [0.29, 0.717) is 38.8 Å². The molecule has 0 aliphatic rings. The van der Waals surface area contributed by atoms with Crippen molar-refractivity contribution >= 4 is 47.0 Å². The van der Waals surface area contributed by atoms with Crippen LogP contribution in [0.3, 0.4) is 0 Å². The molecule has 1 aromatic heterocycles. The van der Waals surface area contributed by atoms with Gasteiger partial charge in [-0.15, -0.1) is 0 Å². The number of aliphatic imine (C=N–C) groups is 1. The Bertz CT molecular complexity index is 1550. The normalized spacial score (nSPS) is 12.0. The molecule has 0 fully saturated rings. The predicted molar refractivity (Wildman–Crippen MR) is 188 cm³/mol. The number of aromatic nitrogens is 2. The number of nitrogens with one attached hydrogen (secondary N) is 1. The smallest absolute Gasteiger partial charge is 0.326 e. The number of nitrogen functional groups attached to an aromatic ring is 2. The first kappa shape index (κ1) is 37.7. The lowest BCUT2D eigenvalue weighted by atomic mass is 9.99. The molecular formula is C33H45ClN10O4. The number of amides is 2. The molecule has 2 aromatic carbocycles. The molecule has 0 bridgehead atoms. The van der Waals surface area contributed by atoms with E-state index >= 15 is 0 Å². The van der Waals surface area contributed by atoms with Gasteiger partial charge in [-0.25, -0.2) is 14.8 Å². The molecule has 48 heavy (non-hydrogen) atoms. The maximum absolute atomic E-state index is 13.0. The molecule has 1 heterocycles. The van der Waals surface area contributed by atoms with E-state index in [0.717, 1.165) is 36.0 Å². The van der Waals surface area contributed by atoms with Crippen LogP contribution in [0.1, 0.15) is 60.1 Å². The molecule has 2 amide bonds. The standard InChI is InChI=1S/C33H45ClN10O4/c34-28-30(38)42-29(37)27(41-28)31(46)43-33(39)40-19-4-2-5-21-7-12-23(13-8-21)24-14-9-22(10-15-24)11-16-26(45)44(20-18-36)25(32(47)48)6-1-3-17-35/h7-10,12-15,25H,1-6,11,16-20,35-36H2,(H,47,48)(H4,37,38,42)(H3,39,40,43,46)/t25-/m0/s1. The summed E-state index contributed by atoms with van der Waals surface area (Å²) in [4.78, 5) is 50.4. The fourth-order valence-corrected chi connectivity index (χ4v) is 5.20. The monoisotopic (exact) mass is 680 g/mol. The first-order valence-electron chi connectivity index (χ1n) is 15.8. The van der Waals surface area contributed by atoms with Crippen molar-refractivity contribution in [2.24, 2.45) is 22.2 Å². The molecule has 12 N–H and O–H groups in total. The Morgan fingerprint density at radius 2 is 1.48 bits per heavy atom. The number of carbonyl (C=O) groups excluding carboxylic acids is 2. The first-order chi connectivity index (χ1) is 23.0. The highest BCUT2D eigenvalue weighted by Crippen LogP contribution is 2.22. The molecule has 3 aromatic rings. The zero-order chi connectivity index (χ0) is 35.1. The number of aliphatic carboxylic acids is 1. The van der Waals surface area contributed by atoms with Crippen LogP contribution in [0.4, 0.5) is 11.6 Å². The summed E-state index contributed by atoms with van der Waals surface area (Å²) in [6.07, 6.45) is 4.86. The van der Waals surface area contributed by atoms with Crippen LogP contribution < -0.4 is 34.0 Å². The lowest BCUT2D eigenvalue weighted by Gasteiger charge is -2.29. The first-order valence-corrected chi connectivity index (χ1v) is 16.2. The summed E-state index contributed by atoms with van der Waals surface area (Å²) in [6, 6.07) is 15.4. The van der Waals surface area contributed by atoms with Crippen LogP contribution in [0.2, 0.25) is 5.15 Å². The SMILES string of the molecule is NCCCC[C@@H](C(=O)O)N(CCN)C(=O)CCc1ccc(-c2ccc(CCCCN=C(N)NC(=O)c3nc(Cl)c(N)nc3N)cc2)cc1. The van der Waals surface area contributed by atoms with Crippen molar-refractivity contribution in [2.45, 2.75) is 57.4 Å². The highest BCUT2D eigenvalue weighted by Gasteiger charge is 2.28. The number of nitrogens with zero attached hydrogens (tertiary/aromatic N) is 4. The number of carbonyl (C=O) groups is 3. The number of aryl methyl sites for hydroxylation is 2. The van der Waals surface area contributed by atoms with Crippen molar-refractivity contribution in [1.82, 2.24) is 20.2 Å². The van der Waals surface area contributed by atoms with Gasteiger partial charge in [-0.05, 0) is 73.7 Å². The van der Waals surface area contributed by atoms with Crippen molar-refractivity contribution in [3.8, 4) is 11.1 Å². The summed E-state index contributed by atoms with van der Waals surface area (Å²) in [5.41, 5.74) is 32.4. The molecule has 15 heteroatoms. The molecular weight excluding hydrogens is 636 g/mol. The van der Waals surface area contributed by atoms with Gasteiger partial charge in [0.2, 0.25) is 5.91 Å². The van der Waals surface area contributed by atoms with Gasteiger partial charge < -0.3 is 38.7 Å². The summed E-state index contributed by atoms with van der Waals surface area (Å²) in [5, 5.41) is 12.0. The number of hydrogen-bond acceptors (Lipinski definition) is 10. The molecule has 0 saturated carbocycles. The van der Waals surface area contributed by atoms with E-state index in [-0.39, 0.29) is 53.9 Å². The largest absolute Gasteiger partial charge is 0.480 e. The predicted octanol–water partition coefficient (Wildman–Crippen LogP) is 2.33. The fraction of sp³-hybridized carbons (Fsp3) is 0.394. The molecule has 1 atom stereocenters. The third-order valence-corrected chi connectivity index (χ3v) is 7.95. The number of rotatable bonds is 18.